The van der Waals surface area contributed by atoms with Gasteiger partial charge in [-0.2, -0.15) is 0 Å². The van der Waals surface area contributed by atoms with Crippen molar-refractivity contribution in [1.82, 2.24) is 5.32 Å². The Balaban J connectivity index is 1.91. The predicted octanol–water partition coefficient (Wildman–Crippen LogP) is 4.37. The number of halogens is 1. The van der Waals surface area contributed by atoms with Crippen LogP contribution in [0, 0.1) is 18.2 Å². The Morgan fingerprint density at radius 2 is 2.11 bits per heavy atom. The molecule has 0 bridgehead atoms. The molecule has 2 rings (SSSR count). The molecule has 1 aliphatic carbocycles. The molecule has 100 valence electrons. The number of aryl methyl sites for hydroxylation is 1. The van der Waals surface area contributed by atoms with Crippen LogP contribution in [-0.2, 0) is 0 Å². The van der Waals surface area contributed by atoms with E-state index in [1.165, 1.54) is 25.7 Å². The van der Waals surface area contributed by atoms with Crippen LogP contribution >= 0.6 is 0 Å². The van der Waals surface area contributed by atoms with Crippen LogP contribution in [0.1, 0.15) is 56.7 Å². The largest absolute Gasteiger partial charge is 0.310 e. The second kappa shape index (κ2) is 5.40. The first-order valence-electron chi connectivity index (χ1n) is 7.06. The summed E-state index contributed by atoms with van der Waals surface area (Å²) in [6.45, 7) is 7.24. The molecule has 18 heavy (non-hydrogen) atoms. The number of hydrogen-bond donors (Lipinski definition) is 1. The third-order valence-corrected chi connectivity index (χ3v) is 4.22. The van der Waals surface area contributed by atoms with Gasteiger partial charge < -0.3 is 5.32 Å². The third-order valence-electron chi connectivity index (χ3n) is 4.22. The fourth-order valence-corrected chi connectivity index (χ4v) is 2.59. The molecule has 1 nitrogen and oxygen atoms in total. The Bertz CT molecular complexity index is 410. The lowest BCUT2D eigenvalue weighted by Crippen LogP contribution is -2.26. The number of nitrogens with one attached hydrogen (secondary N) is 1. The quantitative estimate of drug-likeness (QED) is 0.789. The van der Waals surface area contributed by atoms with Gasteiger partial charge in [-0.05, 0) is 55.7 Å². The molecule has 0 amide bonds. The fraction of sp³-hybridized carbons (Fsp3) is 0.625. The normalized spacial score (nSPS) is 18.7. The summed E-state index contributed by atoms with van der Waals surface area (Å²) in [7, 11) is 0. The van der Waals surface area contributed by atoms with Gasteiger partial charge in [0.15, 0.2) is 0 Å². The van der Waals surface area contributed by atoms with Gasteiger partial charge >= 0.3 is 0 Å². The molecular weight excluding hydrogens is 225 g/mol. The molecule has 0 radical (unpaired) electrons. The minimum absolute atomic E-state index is 0.101. The van der Waals surface area contributed by atoms with Crippen LogP contribution in [0.4, 0.5) is 4.39 Å². The van der Waals surface area contributed by atoms with E-state index in [0.717, 1.165) is 17.7 Å². The molecule has 1 unspecified atom stereocenters. The maximum absolute atomic E-state index is 13.5. The van der Waals surface area contributed by atoms with E-state index in [1.807, 2.05) is 12.1 Å². The third kappa shape index (κ3) is 3.11. The van der Waals surface area contributed by atoms with E-state index in [1.54, 1.807) is 13.0 Å². The van der Waals surface area contributed by atoms with Crippen molar-refractivity contribution < 1.29 is 4.39 Å². The Kier molecular flexibility index (Phi) is 4.06. The zero-order valence-electron chi connectivity index (χ0n) is 11.7. The van der Waals surface area contributed by atoms with E-state index in [9.17, 15) is 4.39 Å². The summed E-state index contributed by atoms with van der Waals surface area (Å²) in [4.78, 5) is 0. The average molecular weight is 249 g/mol. The molecule has 0 saturated heterocycles. The van der Waals surface area contributed by atoms with Gasteiger partial charge in [-0.15, -0.1) is 0 Å². The van der Waals surface area contributed by atoms with Gasteiger partial charge in [0, 0.05) is 12.6 Å². The zero-order chi connectivity index (χ0) is 13.2. The molecule has 0 aliphatic heterocycles. The fourth-order valence-electron chi connectivity index (χ4n) is 2.59. The first-order valence-corrected chi connectivity index (χ1v) is 7.06. The molecule has 0 heterocycles. The van der Waals surface area contributed by atoms with Crippen molar-refractivity contribution in [2.45, 2.75) is 52.5 Å². The second-order valence-electron chi connectivity index (χ2n) is 5.86. The van der Waals surface area contributed by atoms with Crippen LogP contribution in [-0.4, -0.2) is 6.54 Å². The summed E-state index contributed by atoms with van der Waals surface area (Å²) in [6, 6.07) is 5.78. The van der Waals surface area contributed by atoms with E-state index in [0.29, 0.717) is 5.41 Å². The molecule has 1 atom stereocenters. The average Bonchev–Trinajstić information content (AvgIpc) is 3.11. The minimum atomic E-state index is -0.101. The highest BCUT2D eigenvalue weighted by Gasteiger charge is 2.41. The van der Waals surface area contributed by atoms with Gasteiger partial charge in [-0.1, -0.05) is 25.5 Å². The Morgan fingerprint density at radius 3 is 2.67 bits per heavy atom. The van der Waals surface area contributed by atoms with Crippen molar-refractivity contribution in [2.24, 2.45) is 5.41 Å². The molecular formula is C16H24FN. The Hall–Kier alpha value is -0.890. The number of rotatable bonds is 6. The topological polar surface area (TPSA) is 12.0 Å². The smallest absolute Gasteiger partial charge is 0.126 e. The van der Waals surface area contributed by atoms with Crippen LogP contribution in [0.3, 0.4) is 0 Å². The van der Waals surface area contributed by atoms with Gasteiger partial charge in [0.25, 0.3) is 0 Å². The van der Waals surface area contributed by atoms with Crippen LogP contribution < -0.4 is 5.32 Å². The van der Waals surface area contributed by atoms with Crippen molar-refractivity contribution >= 4 is 0 Å². The summed E-state index contributed by atoms with van der Waals surface area (Å²) in [5.74, 6) is -0.101. The van der Waals surface area contributed by atoms with E-state index >= 15 is 0 Å². The molecule has 1 aromatic carbocycles. The van der Waals surface area contributed by atoms with Gasteiger partial charge in [0.1, 0.15) is 5.82 Å². The van der Waals surface area contributed by atoms with Crippen LogP contribution in [0.2, 0.25) is 0 Å². The van der Waals surface area contributed by atoms with Gasteiger partial charge in [0.2, 0.25) is 0 Å². The van der Waals surface area contributed by atoms with E-state index in [2.05, 4.69) is 19.2 Å². The molecule has 1 fully saturated rings. The highest BCUT2D eigenvalue weighted by Crippen LogP contribution is 2.49. The number of benzene rings is 1. The van der Waals surface area contributed by atoms with E-state index in [4.69, 9.17) is 0 Å². The van der Waals surface area contributed by atoms with E-state index in [-0.39, 0.29) is 11.9 Å². The lowest BCUT2D eigenvalue weighted by atomic mass is 9.99. The molecule has 2 heteroatoms. The maximum atomic E-state index is 13.5. The highest BCUT2D eigenvalue weighted by atomic mass is 19.1. The summed E-state index contributed by atoms with van der Waals surface area (Å²) in [6.07, 6.45) is 5.27. The monoisotopic (exact) mass is 249 g/mol. The Morgan fingerprint density at radius 1 is 1.39 bits per heavy atom. The van der Waals surface area contributed by atoms with E-state index < -0.39 is 0 Å². The van der Waals surface area contributed by atoms with Gasteiger partial charge in [-0.25, -0.2) is 4.39 Å². The van der Waals surface area contributed by atoms with Crippen molar-refractivity contribution in [3.05, 3.63) is 35.1 Å². The molecule has 1 aliphatic rings. The van der Waals surface area contributed by atoms with Crippen LogP contribution in [0.15, 0.2) is 18.2 Å². The second-order valence-corrected chi connectivity index (χ2v) is 5.86. The first kappa shape index (κ1) is 13.5. The maximum Gasteiger partial charge on any atom is 0.126 e. The summed E-state index contributed by atoms with van der Waals surface area (Å²) < 4.78 is 13.5. The van der Waals surface area contributed by atoms with Gasteiger partial charge in [0.05, 0.1) is 0 Å². The molecule has 1 saturated carbocycles. The summed E-state index contributed by atoms with van der Waals surface area (Å²) in [5.41, 5.74) is 2.31. The molecule has 1 N–H and O–H groups in total. The zero-order valence-corrected chi connectivity index (χ0v) is 11.7. The van der Waals surface area contributed by atoms with Crippen LogP contribution in [0.5, 0.6) is 0 Å². The molecule has 0 aromatic heterocycles. The lowest BCUT2D eigenvalue weighted by molar-refractivity contribution is 0.397. The first-order chi connectivity index (χ1) is 8.56. The molecule has 1 aromatic rings. The summed E-state index contributed by atoms with van der Waals surface area (Å²) in [5, 5.41) is 3.57. The minimum Gasteiger partial charge on any atom is -0.310 e. The van der Waals surface area contributed by atoms with Crippen molar-refractivity contribution in [1.29, 1.82) is 0 Å². The van der Waals surface area contributed by atoms with Crippen molar-refractivity contribution in [2.75, 3.05) is 6.54 Å². The summed E-state index contributed by atoms with van der Waals surface area (Å²) >= 11 is 0. The van der Waals surface area contributed by atoms with Crippen LogP contribution in [0.25, 0.3) is 0 Å². The van der Waals surface area contributed by atoms with Crippen molar-refractivity contribution in [3.63, 3.8) is 0 Å². The van der Waals surface area contributed by atoms with Crippen molar-refractivity contribution in [3.8, 4) is 0 Å². The SMILES string of the molecule is CCCC1(CNC(C)c2ccc(C)c(F)c2)CC1. The molecule has 0 spiro atoms. The van der Waals surface area contributed by atoms with Gasteiger partial charge in [-0.3, -0.25) is 0 Å². The number of hydrogen-bond acceptors (Lipinski definition) is 1. The highest BCUT2D eigenvalue weighted by molar-refractivity contribution is 5.25. The Labute approximate surface area is 110 Å². The predicted molar refractivity (Wildman–Crippen MR) is 74.1 cm³/mol. The lowest BCUT2D eigenvalue weighted by Gasteiger charge is -2.20. The standard InChI is InChI=1S/C16H24FN/c1-4-7-16(8-9-16)11-18-13(3)14-6-5-12(2)15(17)10-14/h5-6,10,13,18H,4,7-9,11H2,1-3H3.